The van der Waals surface area contributed by atoms with Gasteiger partial charge in [-0.05, 0) is 77.9 Å². The minimum absolute atomic E-state index is 0.00185. The lowest BCUT2D eigenvalue weighted by molar-refractivity contribution is 0.0873. The van der Waals surface area contributed by atoms with Crippen molar-refractivity contribution in [3.8, 4) is 11.5 Å². The first-order chi connectivity index (χ1) is 13.7. The third-order valence-corrected chi connectivity index (χ3v) is 5.21. The van der Waals surface area contributed by atoms with Gasteiger partial charge in [-0.15, -0.1) is 0 Å². The van der Waals surface area contributed by atoms with Gasteiger partial charge in [0.25, 0.3) is 5.91 Å². The molecule has 2 aromatic rings. The molecule has 1 aliphatic heterocycles. The molecular formula is C24H33N3O2. The van der Waals surface area contributed by atoms with Crippen LogP contribution in [0.2, 0.25) is 0 Å². The Morgan fingerprint density at radius 3 is 2.28 bits per heavy atom. The van der Waals surface area contributed by atoms with Gasteiger partial charge in [0.2, 0.25) is 0 Å². The van der Waals surface area contributed by atoms with Crippen LogP contribution < -0.4 is 20.7 Å². The molecule has 156 valence electrons. The summed E-state index contributed by atoms with van der Waals surface area (Å²) in [6.07, 6.45) is 1.82. The van der Waals surface area contributed by atoms with Crippen molar-refractivity contribution >= 4 is 5.91 Å². The normalized spacial score (nSPS) is 18.2. The van der Waals surface area contributed by atoms with Crippen LogP contribution in [0.4, 0.5) is 0 Å². The number of piperidine rings is 1. The van der Waals surface area contributed by atoms with Gasteiger partial charge in [0.15, 0.2) is 0 Å². The van der Waals surface area contributed by atoms with Gasteiger partial charge in [-0.1, -0.05) is 18.2 Å². The quantitative estimate of drug-likeness (QED) is 0.685. The van der Waals surface area contributed by atoms with Crippen LogP contribution >= 0.6 is 0 Å². The smallest absolute Gasteiger partial charge is 0.251 e. The number of carbonyl (C=O) groups is 1. The molecule has 1 amide bonds. The Hall–Kier alpha value is -2.37. The van der Waals surface area contributed by atoms with Crippen molar-refractivity contribution in [2.45, 2.75) is 64.2 Å². The summed E-state index contributed by atoms with van der Waals surface area (Å²) in [7, 11) is 1.91. The third kappa shape index (κ3) is 5.81. The van der Waals surface area contributed by atoms with Crippen molar-refractivity contribution in [3.05, 3.63) is 59.7 Å². The molecule has 0 unspecified atom stereocenters. The Kier molecular flexibility index (Phi) is 6.30. The zero-order valence-electron chi connectivity index (χ0n) is 18.1. The molecule has 1 saturated heterocycles. The molecular weight excluding hydrogens is 362 g/mol. The molecule has 0 aromatic heterocycles. The molecule has 5 heteroatoms. The maximum atomic E-state index is 12.8. The van der Waals surface area contributed by atoms with Gasteiger partial charge in [-0.3, -0.25) is 4.79 Å². The van der Waals surface area contributed by atoms with Gasteiger partial charge in [-0.25, -0.2) is 0 Å². The monoisotopic (exact) mass is 395 g/mol. The summed E-state index contributed by atoms with van der Waals surface area (Å²) in [4.78, 5) is 12.8. The van der Waals surface area contributed by atoms with Gasteiger partial charge in [-0.2, -0.15) is 0 Å². The summed E-state index contributed by atoms with van der Waals surface area (Å²) >= 11 is 0. The Labute approximate surface area is 174 Å². The third-order valence-electron chi connectivity index (χ3n) is 5.21. The van der Waals surface area contributed by atoms with Crippen molar-refractivity contribution in [2.75, 3.05) is 7.05 Å². The summed E-state index contributed by atoms with van der Waals surface area (Å²) < 4.78 is 6.02. The second kappa shape index (κ2) is 8.56. The Morgan fingerprint density at radius 1 is 1.03 bits per heavy atom. The van der Waals surface area contributed by atoms with Crippen LogP contribution in [0.5, 0.6) is 11.5 Å². The van der Waals surface area contributed by atoms with E-state index in [-0.39, 0.29) is 23.0 Å². The zero-order valence-corrected chi connectivity index (χ0v) is 18.1. The van der Waals surface area contributed by atoms with Crippen LogP contribution in [0, 0.1) is 0 Å². The van der Waals surface area contributed by atoms with Crippen molar-refractivity contribution in [2.24, 2.45) is 0 Å². The fraction of sp³-hybridized carbons (Fsp3) is 0.458. The highest BCUT2D eigenvalue weighted by molar-refractivity contribution is 5.94. The highest BCUT2D eigenvalue weighted by Crippen LogP contribution is 2.29. The van der Waals surface area contributed by atoms with Gasteiger partial charge < -0.3 is 20.7 Å². The molecule has 0 radical (unpaired) electrons. The second-order valence-electron chi connectivity index (χ2n) is 9.24. The van der Waals surface area contributed by atoms with Gasteiger partial charge in [0, 0.05) is 34.8 Å². The minimum Gasteiger partial charge on any atom is -0.457 e. The standard InChI is InChI=1S/C24H33N3O2/c1-23(2)14-19(15-24(3,4)27-23)26-22(28)17-10-12-20(13-11-17)29-21-9-7-6-8-18(21)16-25-5/h6-13,19,25,27H,14-16H2,1-5H3,(H,26,28). The van der Waals surface area contributed by atoms with E-state index in [9.17, 15) is 4.79 Å². The van der Waals surface area contributed by atoms with Gasteiger partial charge in [0.05, 0.1) is 0 Å². The molecule has 0 spiro atoms. The maximum absolute atomic E-state index is 12.8. The molecule has 0 bridgehead atoms. The number of carbonyl (C=O) groups excluding carboxylic acids is 1. The largest absolute Gasteiger partial charge is 0.457 e. The maximum Gasteiger partial charge on any atom is 0.251 e. The van der Waals surface area contributed by atoms with E-state index in [1.54, 1.807) is 0 Å². The molecule has 29 heavy (non-hydrogen) atoms. The molecule has 2 aromatic carbocycles. The van der Waals surface area contributed by atoms with E-state index in [4.69, 9.17) is 4.74 Å². The van der Waals surface area contributed by atoms with E-state index in [1.165, 1.54) is 0 Å². The van der Waals surface area contributed by atoms with Crippen molar-refractivity contribution in [3.63, 3.8) is 0 Å². The van der Waals surface area contributed by atoms with E-state index < -0.39 is 0 Å². The van der Waals surface area contributed by atoms with Crippen LogP contribution in [-0.4, -0.2) is 30.1 Å². The van der Waals surface area contributed by atoms with Gasteiger partial charge >= 0.3 is 0 Å². The van der Waals surface area contributed by atoms with Crippen molar-refractivity contribution < 1.29 is 9.53 Å². The first-order valence-electron chi connectivity index (χ1n) is 10.3. The van der Waals surface area contributed by atoms with Crippen LogP contribution in [0.15, 0.2) is 48.5 Å². The predicted molar refractivity (Wildman–Crippen MR) is 118 cm³/mol. The zero-order chi connectivity index (χ0) is 21.1. The van der Waals surface area contributed by atoms with Crippen LogP contribution in [0.25, 0.3) is 0 Å². The first-order valence-corrected chi connectivity index (χ1v) is 10.3. The molecule has 3 rings (SSSR count). The lowest BCUT2D eigenvalue weighted by Gasteiger charge is -2.46. The van der Waals surface area contributed by atoms with Crippen LogP contribution in [0.3, 0.4) is 0 Å². The average Bonchev–Trinajstić information content (AvgIpc) is 2.61. The Bertz CT molecular complexity index is 827. The van der Waals surface area contributed by atoms with Crippen LogP contribution in [-0.2, 0) is 6.54 Å². The number of rotatable bonds is 6. The van der Waals surface area contributed by atoms with E-state index in [1.807, 2.05) is 55.6 Å². The number of hydrogen-bond acceptors (Lipinski definition) is 4. The van der Waals surface area contributed by atoms with E-state index >= 15 is 0 Å². The number of para-hydroxylation sites is 1. The molecule has 3 N–H and O–H groups in total. The summed E-state index contributed by atoms with van der Waals surface area (Å²) in [5.41, 5.74) is 1.74. The summed E-state index contributed by atoms with van der Waals surface area (Å²) in [5, 5.41) is 10.0. The fourth-order valence-electron chi connectivity index (χ4n) is 4.43. The SMILES string of the molecule is CNCc1ccccc1Oc1ccc(C(=O)NC2CC(C)(C)NC(C)(C)C2)cc1. The summed E-state index contributed by atoms with van der Waals surface area (Å²) in [5.74, 6) is 1.50. The minimum atomic E-state index is -0.0365. The van der Waals surface area contributed by atoms with Crippen molar-refractivity contribution in [1.82, 2.24) is 16.0 Å². The van der Waals surface area contributed by atoms with E-state index in [0.717, 1.165) is 30.7 Å². The topological polar surface area (TPSA) is 62.4 Å². The predicted octanol–water partition coefficient (Wildman–Crippen LogP) is 4.24. The Morgan fingerprint density at radius 2 is 1.66 bits per heavy atom. The number of hydrogen-bond donors (Lipinski definition) is 3. The van der Waals surface area contributed by atoms with Gasteiger partial charge in [0.1, 0.15) is 11.5 Å². The molecule has 1 heterocycles. The summed E-state index contributed by atoms with van der Waals surface area (Å²) in [6, 6.07) is 15.4. The lowest BCUT2D eigenvalue weighted by Crippen LogP contribution is -2.62. The van der Waals surface area contributed by atoms with E-state index in [0.29, 0.717) is 11.3 Å². The number of benzene rings is 2. The molecule has 0 saturated carbocycles. The first kappa shape index (κ1) is 21.3. The molecule has 1 fully saturated rings. The molecule has 5 nitrogen and oxygen atoms in total. The number of nitrogens with one attached hydrogen (secondary N) is 3. The number of ether oxygens (including phenoxy) is 1. The van der Waals surface area contributed by atoms with Crippen molar-refractivity contribution in [1.29, 1.82) is 0 Å². The average molecular weight is 396 g/mol. The highest BCUT2D eigenvalue weighted by atomic mass is 16.5. The highest BCUT2D eigenvalue weighted by Gasteiger charge is 2.38. The molecule has 0 aliphatic carbocycles. The summed E-state index contributed by atoms with van der Waals surface area (Å²) in [6.45, 7) is 9.48. The Balaban J connectivity index is 1.65. The molecule has 0 atom stereocenters. The van der Waals surface area contributed by atoms with E-state index in [2.05, 4.69) is 43.6 Å². The lowest BCUT2D eigenvalue weighted by atomic mass is 9.79. The number of amides is 1. The fourth-order valence-corrected chi connectivity index (χ4v) is 4.43. The second-order valence-corrected chi connectivity index (χ2v) is 9.24. The van der Waals surface area contributed by atoms with Crippen LogP contribution in [0.1, 0.15) is 56.5 Å². The molecule has 1 aliphatic rings.